The second-order valence-electron chi connectivity index (χ2n) is 4.65. The molecular weight excluding hydrogens is 351 g/mol. The van der Waals surface area contributed by atoms with Gasteiger partial charge in [-0.3, -0.25) is 4.79 Å². The fraction of sp³-hybridized carbons (Fsp3) is 0.188. The maximum Gasteiger partial charge on any atom is 0.167 e. The van der Waals surface area contributed by atoms with Gasteiger partial charge in [0.1, 0.15) is 5.75 Å². The molecule has 0 bridgehead atoms. The monoisotopic (exact) mass is 364 g/mol. The van der Waals surface area contributed by atoms with Gasteiger partial charge in [0.25, 0.3) is 0 Å². The molecule has 0 spiro atoms. The number of benzene rings is 2. The molecule has 19 heavy (non-hydrogen) atoms. The second kappa shape index (κ2) is 5.33. The van der Waals surface area contributed by atoms with E-state index in [0.29, 0.717) is 6.42 Å². The van der Waals surface area contributed by atoms with Crippen LogP contribution in [0.4, 0.5) is 0 Å². The predicted molar refractivity (Wildman–Crippen MR) is 82.8 cm³/mol. The summed E-state index contributed by atoms with van der Waals surface area (Å²) in [5, 5.41) is 0. The van der Waals surface area contributed by atoms with Gasteiger partial charge in [-0.05, 0) is 64.0 Å². The molecule has 0 fully saturated rings. The maximum absolute atomic E-state index is 12.3. The Kier molecular flexibility index (Phi) is 3.55. The van der Waals surface area contributed by atoms with Gasteiger partial charge >= 0.3 is 0 Å². The first-order valence-electron chi connectivity index (χ1n) is 6.26. The van der Waals surface area contributed by atoms with Crippen molar-refractivity contribution in [2.24, 2.45) is 0 Å². The molecule has 0 saturated carbocycles. The summed E-state index contributed by atoms with van der Waals surface area (Å²) in [6.45, 7) is 0.726. The summed E-state index contributed by atoms with van der Waals surface area (Å²) >= 11 is 2.26. The molecule has 0 saturated heterocycles. The highest BCUT2D eigenvalue weighted by Crippen LogP contribution is 2.26. The smallest absolute Gasteiger partial charge is 0.167 e. The number of carbonyl (C=O) groups is 1. The van der Waals surface area contributed by atoms with Crippen molar-refractivity contribution in [3.63, 3.8) is 0 Å². The van der Waals surface area contributed by atoms with Gasteiger partial charge in [0.05, 0.1) is 6.61 Å². The normalized spacial score (nSPS) is 12.9. The quantitative estimate of drug-likeness (QED) is 0.614. The molecule has 0 unspecified atom stereocenters. The van der Waals surface area contributed by atoms with Crippen molar-refractivity contribution in [1.82, 2.24) is 0 Å². The number of hydrogen-bond acceptors (Lipinski definition) is 2. The molecule has 2 aromatic rings. The zero-order valence-electron chi connectivity index (χ0n) is 10.4. The van der Waals surface area contributed by atoms with Crippen molar-refractivity contribution >= 4 is 28.4 Å². The number of carbonyl (C=O) groups excluding carboxylic acids is 1. The first-order chi connectivity index (χ1) is 9.22. The Morgan fingerprint density at radius 1 is 1.16 bits per heavy atom. The van der Waals surface area contributed by atoms with Gasteiger partial charge in [-0.25, -0.2) is 0 Å². The van der Waals surface area contributed by atoms with Crippen LogP contribution in [-0.4, -0.2) is 12.4 Å². The molecule has 2 aromatic carbocycles. The van der Waals surface area contributed by atoms with Crippen molar-refractivity contribution in [2.45, 2.75) is 12.8 Å². The predicted octanol–water partition coefficient (Wildman–Crippen LogP) is 3.65. The average molecular weight is 364 g/mol. The summed E-state index contributed by atoms with van der Waals surface area (Å²) < 4.78 is 6.64. The van der Waals surface area contributed by atoms with Gasteiger partial charge < -0.3 is 4.74 Å². The van der Waals surface area contributed by atoms with E-state index in [1.165, 1.54) is 3.57 Å². The van der Waals surface area contributed by atoms with E-state index in [1.807, 2.05) is 42.5 Å². The Labute approximate surface area is 125 Å². The lowest BCUT2D eigenvalue weighted by Crippen LogP contribution is -2.03. The van der Waals surface area contributed by atoms with Crippen molar-refractivity contribution < 1.29 is 9.53 Å². The third-order valence-electron chi connectivity index (χ3n) is 3.29. The summed E-state index contributed by atoms with van der Waals surface area (Å²) in [6, 6.07) is 13.8. The largest absolute Gasteiger partial charge is 0.493 e. The Hall–Kier alpha value is -1.36. The summed E-state index contributed by atoms with van der Waals surface area (Å²) in [7, 11) is 0. The van der Waals surface area contributed by atoms with E-state index in [1.54, 1.807) is 0 Å². The minimum atomic E-state index is 0.163. The van der Waals surface area contributed by atoms with Crippen LogP contribution in [-0.2, 0) is 12.8 Å². The van der Waals surface area contributed by atoms with Crippen molar-refractivity contribution in [1.29, 1.82) is 0 Å². The molecule has 3 rings (SSSR count). The minimum absolute atomic E-state index is 0.163. The van der Waals surface area contributed by atoms with Gasteiger partial charge in [0, 0.05) is 22.0 Å². The van der Waals surface area contributed by atoms with Crippen molar-refractivity contribution in [2.75, 3.05) is 6.61 Å². The molecule has 0 atom stereocenters. The number of fused-ring (bicyclic) bond motifs is 1. The number of ether oxygens (including phenoxy) is 1. The van der Waals surface area contributed by atoms with Crippen LogP contribution in [0.3, 0.4) is 0 Å². The highest BCUT2D eigenvalue weighted by Gasteiger charge is 2.15. The van der Waals surface area contributed by atoms with Crippen LogP contribution < -0.4 is 4.74 Å². The third-order valence-corrected chi connectivity index (χ3v) is 4.01. The van der Waals surface area contributed by atoms with E-state index in [9.17, 15) is 4.79 Å². The third kappa shape index (κ3) is 2.81. The maximum atomic E-state index is 12.3. The summed E-state index contributed by atoms with van der Waals surface area (Å²) in [4.78, 5) is 12.3. The van der Waals surface area contributed by atoms with Crippen LogP contribution in [0.5, 0.6) is 5.75 Å². The number of ketones is 1. The van der Waals surface area contributed by atoms with Crippen LogP contribution in [0, 0.1) is 3.57 Å². The van der Waals surface area contributed by atoms with Gasteiger partial charge in [-0.15, -0.1) is 0 Å². The van der Waals surface area contributed by atoms with Crippen LogP contribution in [0.25, 0.3) is 0 Å². The van der Waals surface area contributed by atoms with E-state index in [4.69, 9.17) is 4.74 Å². The van der Waals surface area contributed by atoms with E-state index in [0.717, 1.165) is 35.5 Å². The van der Waals surface area contributed by atoms with E-state index in [2.05, 4.69) is 22.6 Å². The Morgan fingerprint density at radius 3 is 2.74 bits per heavy atom. The topological polar surface area (TPSA) is 26.3 Å². The Morgan fingerprint density at radius 2 is 1.95 bits per heavy atom. The van der Waals surface area contributed by atoms with Crippen LogP contribution in [0.2, 0.25) is 0 Å². The highest BCUT2D eigenvalue weighted by atomic mass is 127. The lowest BCUT2D eigenvalue weighted by atomic mass is 10.0. The van der Waals surface area contributed by atoms with Crippen LogP contribution >= 0.6 is 22.6 Å². The fourth-order valence-corrected chi connectivity index (χ4v) is 2.61. The summed E-state index contributed by atoms with van der Waals surface area (Å²) in [5.41, 5.74) is 2.98. The van der Waals surface area contributed by atoms with Crippen LogP contribution in [0.1, 0.15) is 21.5 Å². The SMILES string of the molecule is O=C(Cc1ccc(I)cc1)c1ccc2c(c1)CCO2. The molecule has 1 aliphatic heterocycles. The van der Waals surface area contributed by atoms with Crippen LogP contribution in [0.15, 0.2) is 42.5 Å². The molecular formula is C16H13IO2. The van der Waals surface area contributed by atoms with E-state index >= 15 is 0 Å². The van der Waals surface area contributed by atoms with Gasteiger partial charge in [0.15, 0.2) is 5.78 Å². The lowest BCUT2D eigenvalue weighted by Gasteiger charge is -2.04. The zero-order chi connectivity index (χ0) is 13.2. The molecule has 0 aliphatic carbocycles. The first-order valence-corrected chi connectivity index (χ1v) is 7.33. The second-order valence-corrected chi connectivity index (χ2v) is 5.89. The van der Waals surface area contributed by atoms with E-state index < -0.39 is 0 Å². The Bertz CT molecular complexity index is 617. The molecule has 0 aromatic heterocycles. The molecule has 1 heterocycles. The Balaban J connectivity index is 1.78. The van der Waals surface area contributed by atoms with Gasteiger partial charge in [0.2, 0.25) is 0 Å². The summed E-state index contributed by atoms with van der Waals surface area (Å²) in [6.07, 6.45) is 1.36. The molecule has 96 valence electrons. The molecule has 0 N–H and O–H groups in total. The van der Waals surface area contributed by atoms with E-state index in [-0.39, 0.29) is 5.78 Å². The summed E-state index contributed by atoms with van der Waals surface area (Å²) in [5.74, 6) is 1.08. The standard InChI is InChI=1S/C16H13IO2/c17-14-4-1-11(2-5-14)9-15(18)12-3-6-16-13(10-12)7-8-19-16/h1-6,10H,7-9H2. The van der Waals surface area contributed by atoms with Gasteiger partial charge in [-0.2, -0.15) is 0 Å². The average Bonchev–Trinajstić information content (AvgIpc) is 2.88. The molecule has 2 nitrogen and oxygen atoms in total. The lowest BCUT2D eigenvalue weighted by molar-refractivity contribution is 0.0993. The highest BCUT2D eigenvalue weighted by molar-refractivity contribution is 14.1. The number of Topliss-reactive ketones (excluding diaryl/α,β-unsaturated/α-hetero) is 1. The first kappa shape index (κ1) is 12.7. The van der Waals surface area contributed by atoms with Crippen molar-refractivity contribution in [3.8, 4) is 5.75 Å². The fourth-order valence-electron chi connectivity index (χ4n) is 2.25. The number of halogens is 1. The van der Waals surface area contributed by atoms with Crippen molar-refractivity contribution in [3.05, 3.63) is 62.7 Å². The number of rotatable bonds is 3. The number of hydrogen-bond donors (Lipinski definition) is 0. The molecule has 0 radical (unpaired) electrons. The molecule has 0 amide bonds. The minimum Gasteiger partial charge on any atom is -0.493 e. The zero-order valence-corrected chi connectivity index (χ0v) is 12.5. The molecule has 1 aliphatic rings. The molecule has 3 heteroatoms. The van der Waals surface area contributed by atoms with Gasteiger partial charge in [-0.1, -0.05) is 12.1 Å².